The van der Waals surface area contributed by atoms with Crippen LogP contribution in [-0.4, -0.2) is 48.4 Å². The highest BCUT2D eigenvalue weighted by Gasteiger charge is 2.23. The third-order valence-corrected chi connectivity index (χ3v) is 3.60. The Labute approximate surface area is 120 Å². The van der Waals surface area contributed by atoms with Crippen molar-refractivity contribution >= 4 is 11.6 Å². The Bertz CT molecular complexity index is 453. The fourth-order valence-corrected chi connectivity index (χ4v) is 2.62. The quantitative estimate of drug-likeness (QED) is 0.644. The molecule has 0 unspecified atom stereocenters. The molecule has 1 fully saturated rings. The minimum Gasteiger partial charge on any atom is -0.336 e. The van der Waals surface area contributed by atoms with E-state index < -0.39 is 0 Å². The van der Waals surface area contributed by atoms with Crippen molar-refractivity contribution in [1.29, 1.82) is 0 Å². The van der Waals surface area contributed by atoms with E-state index in [1.165, 1.54) is 0 Å². The highest BCUT2D eigenvalue weighted by Crippen LogP contribution is 2.17. The maximum atomic E-state index is 12.5. The van der Waals surface area contributed by atoms with Gasteiger partial charge in [0.1, 0.15) is 0 Å². The van der Waals surface area contributed by atoms with Crippen LogP contribution in [0.4, 0.5) is 5.69 Å². The molecule has 0 atom stereocenters. The van der Waals surface area contributed by atoms with Crippen LogP contribution in [-0.2, 0) is 0 Å². The van der Waals surface area contributed by atoms with E-state index in [-0.39, 0.29) is 5.91 Å². The molecule has 1 heterocycles. The number of nitrogens with two attached hydrogens (primary N) is 1. The first-order chi connectivity index (χ1) is 9.61. The van der Waals surface area contributed by atoms with Crippen LogP contribution in [0.3, 0.4) is 0 Å². The Morgan fingerprint density at radius 3 is 2.50 bits per heavy atom. The second-order valence-electron chi connectivity index (χ2n) is 5.68. The van der Waals surface area contributed by atoms with Gasteiger partial charge < -0.3 is 10.3 Å². The first-order valence-electron chi connectivity index (χ1n) is 7.19. The molecule has 5 nitrogen and oxygen atoms in total. The molecular formula is C15H24N4O. The zero-order valence-electron chi connectivity index (χ0n) is 12.3. The van der Waals surface area contributed by atoms with Gasteiger partial charge in [0, 0.05) is 32.7 Å². The van der Waals surface area contributed by atoms with Crippen molar-refractivity contribution in [2.45, 2.75) is 13.8 Å². The zero-order valence-corrected chi connectivity index (χ0v) is 12.3. The van der Waals surface area contributed by atoms with E-state index in [0.29, 0.717) is 17.2 Å². The third-order valence-electron chi connectivity index (χ3n) is 3.60. The zero-order chi connectivity index (χ0) is 14.5. The van der Waals surface area contributed by atoms with Crippen molar-refractivity contribution in [2.75, 3.05) is 38.1 Å². The number of hydrazine groups is 1. The summed E-state index contributed by atoms with van der Waals surface area (Å²) in [5.41, 5.74) is 3.92. The number of piperazine rings is 1. The molecule has 1 aromatic carbocycles. The van der Waals surface area contributed by atoms with Gasteiger partial charge in [0.05, 0.1) is 11.3 Å². The lowest BCUT2D eigenvalue weighted by Crippen LogP contribution is -2.49. The van der Waals surface area contributed by atoms with E-state index in [2.05, 4.69) is 24.2 Å². The van der Waals surface area contributed by atoms with Gasteiger partial charge in [-0.1, -0.05) is 26.0 Å². The van der Waals surface area contributed by atoms with Crippen molar-refractivity contribution < 1.29 is 4.79 Å². The smallest absolute Gasteiger partial charge is 0.256 e. The van der Waals surface area contributed by atoms with Crippen LogP contribution in [0.15, 0.2) is 24.3 Å². The summed E-state index contributed by atoms with van der Waals surface area (Å²) in [7, 11) is 0. The molecule has 1 aliphatic heterocycles. The van der Waals surface area contributed by atoms with Crippen LogP contribution >= 0.6 is 0 Å². The van der Waals surface area contributed by atoms with Crippen molar-refractivity contribution in [3.8, 4) is 0 Å². The maximum absolute atomic E-state index is 12.5. The van der Waals surface area contributed by atoms with Crippen molar-refractivity contribution in [3.63, 3.8) is 0 Å². The minimum absolute atomic E-state index is 0.0581. The molecule has 0 aromatic heterocycles. The predicted octanol–water partition coefficient (Wildman–Crippen LogP) is 1.39. The molecule has 0 bridgehead atoms. The molecule has 0 radical (unpaired) electrons. The van der Waals surface area contributed by atoms with Gasteiger partial charge in [-0.15, -0.1) is 0 Å². The monoisotopic (exact) mass is 276 g/mol. The lowest BCUT2D eigenvalue weighted by Gasteiger charge is -2.35. The standard InChI is InChI=1S/C15H24N4O/c1-12(2)11-18-7-9-19(10-8-18)15(20)13-5-3-4-6-14(13)17-16/h3-6,12,17H,7-11,16H2,1-2H3. The van der Waals surface area contributed by atoms with Crippen LogP contribution < -0.4 is 11.3 Å². The Hall–Kier alpha value is -1.59. The number of carbonyl (C=O) groups is 1. The molecule has 1 aromatic rings. The number of benzene rings is 1. The first kappa shape index (κ1) is 14.8. The first-order valence-corrected chi connectivity index (χ1v) is 7.19. The Balaban J connectivity index is 1.98. The predicted molar refractivity (Wildman–Crippen MR) is 81.4 cm³/mol. The van der Waals surface area contributed by atoms with E-state index in [1.54, 1.807) is 0 Å². The van der Waals surface area contributed by atoms with Gasteiger partial charge in [-0.25, -0.2) is 0 Å². The van der Waals surface area contributed by atoms with Crippen LogP contribution in [0.1, 0.15) is 24.2 Å². The van der Waals surface area contributed by atoms with Crippen LogP contribution in [0.25, 0.3) is 0 Å². The van der Waals surface area contributed by atoms with Crippen LogP contribution in [0, 0.1) is 5.92 Å². The Morgan fingerprint density at radius 2 is 1.90 bits per heavy atom. The van der Waals surface area contributed by atoms with Gasteiger partial charge >= 0.3 is 0 Å². The number of nitrogen functional groups attached to an aromatic ring is 1. The van der Waals surface area contributed by atoms with E-state index in [9.17, 15) is 4.79 Å². The molecule has 20 heavy (non-hydrogen) atoms. The molecule has 5 heteroatoms. The summed E-state index contributed by atoms with van der Waals surface area (Å²) in [6.07, 6.45) is 0. The van der Waals surface area contributed by atoms with Crippen molar-refractivity contribution in [3.05, 3.63) is 29.8 Å². The largest absolute Gasteiger partial charge is 0.336 e. The lowest BCUT2D eigenvalue weighted by molar-refractivity contribution is 0.0624. The molecule has 110 valence electrons. The molecule has 1 amide bonds. The number of amides is 1. The summed E-state index contributed by atoms with van der Waals surface area (Å²) in [5, 5.41) is 0. The van der Waals surface area contributed by atoms with E-state index >= 15 is 0 Å². The van der Waals surface area contributed by atoms with E-state index in [4.69, 9.17) is 5.84 Å². The molecule has 2 rings (SSSR count). The topological polar surface area (TPSA) is 61.6 Å². The van der Waals surface area contributed by atoms with Crippen LogP contribution in [0.2, 0.25) is 0 Å². The molecule has 0 aliphatic carbocycles. The van der Waals surface area contributed by atoms with Gasteiger partial charge in [-0.2, -0.15) is 0 Å². The SMILES string of the molecule is CC(C)CN1CCN(C(=O)c2ccccc2NN)CC1. The summed E-state index contributed by atoms with van der Waals surface area (Å²) in [6.45, 7) is 9.00. The number of hydrogen-bond donors (Lipinski definition) is 2. The molecule has 1 aliphatic rings. The van der Waals surface area contributed by atoms with Gasteiger partial charge in [0.2, 0.25) is 0 Å². The molecule has 3 N–H and O–H groups in total. The number of rotatable bonds is 4. The fourth-order valence-electron chi connectivity index (χ4n) is 2.62. The van der Waals surface area contributed by atoms with E-state index in [0.717, 1.165) is 32.7 Å². The summed E-state index contributed by atoms with van der Waals surface area (Å²) in [6, 6.07) is 7.37. The number of carbonyl (C=O) groups excluding carboxylic acids is 1. The second kappa shape index (κ2) is 6.72. The highest BCUT2D eigenvalue weighted by atomic mass is 16.2. The maximum Gasteiger partial charge on any atom is 0.256 e. The number of nitrogens with zero attached hydrogens (tertiary/aromatic N) is 2. The fraction of sp³-hybridized carbons (Fsp3) is 0.533. The average molecular weight is 276 g/mol. The van der Waals surface area contributed by atoms with Gasteiger partial charge in [-0.05, 0) is 18.1 Å². The third kappa shape index (κ3) is 3.49. The normalized spacial score (nSPS) is 16.5. The van der Waals surface area contributed by atoms with Gasteiger partial charge in [-0.3, -0.25) is 15.5 Å². The highest BCUT2D eigenvalue weighted by molar-refractivity contribution is 5.99. The Kier molecular flexibility index (Phi) is 4.98. The number of hydrogen-bond acceptors (Lipinski definition) is 4. The van der Waals surface area contributed by atoms with Gasteiger partial charge in [0.15, 0.2) is 0 Å². The summed E-state index contributed by atoms with van der Waals surface area (Å²) >= 11 is 0. The van der Waals surface area contributed by atoms with Crippen molar-refractivity contribution in [2.24, 2.45) is 11.8 Å². The number of para-hydroxylation sites is 1. The second-order valence-corrected chi connectivity index (χ2v) is 5.68. The summed E-state index contributed by atoms with van der Waals surface area (Å²) in [4.78, 5) is 16.8. The summed E-state index contributed by atoms with van der Waals surface area (Å²) < 4.78 is 0. The van der Waals surface area contributed by atoms with Gasteiger partial charge in [0.25, 0.3) is 5.91 Å². The molecule has 1 saturated heterocycles. The molecular weight excluding hydrogens is 252 g/mol. The number of nitrogens with one attached hydrogen (secondary N) is 1. The van der Waals surface area contributed by atoms with E-state index in [1.807, 2.05) is 29.2 Å². The van der Waals surface area contributed by atoms with Crippen LogP contribution in [0.5, 0.6) is 0 Å². The lowest BCUT2D eigenvalue weighted by atomic mass is 10.1. The summed E-state index contributed by atoms with van der Waals surface area (Å²) in [5.74, 6) is 6.19. The average Bonchev–Trinajstić information content (AvgIpc) is 2.46. The molecule has 0 saturated carbocycles. The number of anilines is 1. The Morgan fingerprint density at radius 1 is 1.25 bits per heavy atom. The minimum atomic E-state index is 0.0581. The molecule has 0 spiro atoms. The van der Waals surface area contributed by atoms with Crippen molar-refractivity contribution in [1.82, 2.24) is 9.80 Å².